The first-order valence-electron chi connectivity index (χ1n) is 10.8. The van der Waals surface area contributed by atoms with Gasteiger partial charge in [-0.2, -0.15) is 18.3 Å². The normalized spacial score (nSPS) is 13.5. The number of alkyl halides is 3. The number of anilines is 4. The molecule has 0 unspecified atom stereocenters. The average Bonchev–Trinajstić information content (AvgIpc) is 3.42. The number of H-pyrrole nitrogens is 1. The monoisotopic (exact) mass is 495 g/mol. The van der Waals surface area contributed by atoms with E-state index in [1.165, 1.54) is 23.5 Å². The molecule has 1 aliphatic rings. The van der Waals surface area contributed by atoms with Crippen molar-refractivity contribution in [2.24, 2.45) is 0 Å². The molecule has 2 aromatic heterocycles. The number of fused-ring (bicyclic) bond motifs is 1. The Balaban J connectivity index is 1.54. The fourth-order valence-electron chi connectivity index (χ4n) is 3.88. The molecule has 12 heteroatoms. The second kappa shape index (κ2) is 9.21. The average molecular weight is 495 g/mol. The zero-order valence-electron chi connectivity index (χ0n) is 19.0. The molecule has 3 heterocycles. The van der Waals surface area contributed by atoms with Crippen LogP contribution in [-0.4, -0.2) is 46.0 Å². The number of pyridine rings is 1. The fraction of sp³-hybridized carbons (Fsp3) is 0.167. The third-order valence-electron chi connectivity index (χ3n) is 5.62. The summed E-state index contributed by atoms with van der Waals surface area (Å²) in [7, 11) is 1.55. The van der Waals surface area contributed by atoms with E-state index in [4.69, 9.17) is 4.74 Å². The van der Waals surface area contributed by atoms with Crippen LogP contribution >= 0.6 is 0 Å². The van der Waals surface area contributed by atoms with Gasteiger partial charge in [-0.3, -0.25) is 14.9 Å². The summed E-state index contributed by atoms with van der Waals surface area (Å²) in [6.07, 6.45) is -1.54. The summed E-state index contributed by atoms with van der Waals surface area (Å²) >= 11 is 0. The minimum Gasteiger partial charge on any atom is -0.497 e. The smallest absolute Gasteiger partial charge is 0.405 e. The molecule has 0 bridgehead atoms. The number of halogens is 3. The summed E-state index contributed by atoms with van der Waals surface area (Å²) in [5.74, 6) is 1.22. The Morgan fingerprint density at radius 2 is 1.78 bits per heavy atom. The summed E-state index contributed by atoms with van der Waals surface area (Å²) < 4.78 is 43.5. The van der Waals surface area contributed by atoms with Gasteiger partial charge in [0, 0.05) is 29.1 Å². The minimum atomic E-state index is -4.41. The number of aromatic amines is 1. The maximum Gasteiger partial charge on any atom is 0.405 e. The van der Waals surface area contributed by atoms with Crippen LogP contribution in [0.4, 0.5) is 40.8 Å². The van der Waals surface area contributed by atoms with Gasteiger partial charge in [-0.15, -0.1) is 0 Å². The third kappa shape index (κ3) is 4.65. The molecule has 0 atom stereocenters. The van der Waals surface area contributed by atoms with Crippen molar-refractivity contribution in [3.05, 3.63) is 72.7 Å². The number of hydrogen-bond donors (Lipinski definition) is 2. The van der Waals surface area contributed by atoms with Crippen LogP contribution in [0, 0.1) is 0 Å². The van der Waals surface area contributed by atoms with E-state index in [1.54, 1.807) is 60.5 Å². The molecule has 0 radical (unpaired) electrons. The van der Waals surface area contributed by atoms with E-state index in [1.807, 2.05) is 0 Å². The number of nitrogens with zero attached hydrogens (tertiary/aromatic N) is 5. The Labute approximate surface area is 203 Å². The first kappa shape index (κ1) is 23.1. The molecule has 0 saturated carbocycles. The number of methoxy groups -OCH3 is 1. The molecule has 36 heavy (non-hydrogen) atoms. The van der Waals surface area contributed by atoms with Gasteiger partial charge in [-0.25, -0.2) is 14.8 Å². The van der Waals surface area contributed by atoms with Gasteiger partial charge in [-0.05, 0) is 48.5 Å². The first-order valence-corrected chi connectivity index (χ1v) is 10.8. The molecule has 5 rings (SSSR count). The number of urea groups is 1. The van der Waals surface area contributed by atoms with E-state index >= 15 is 0 Å². The lowest BCUT2D eigenvalue weighted by atomic mass is 10.1. The predicted molar refractivity (Wildman–Crippen MR) is 127 cm³/mol. The molecule has 1 aliphatic heterocycles. The number of benzene rings is 2. The number of nitrogens with one attached hydrogen (secondary N) is 2. The van der Waals surface area contributed by atoms with Gasteiger partial charge in [-0.1, -0.05) is 0 Å². The van der Waals surface area contributed by atoms with Crippen LogP contribution in [0.3, 0.4) is 0 Å². The van der Waals surface area contributed by atoms with Gasteiger partial charge >= 0.3 is 12.2 Å². The number of amides is 2. The second-order valence-electron chi connectivity index (χ2n) is 7.95. The summed E-state index contributed by atoms with van der Waals surface area (Å²) in [6, 6.07) is 15.1. The zero-order valence-corrected chi connectivity index (χ0v) is 19.0. The predicted octanol–water partition coefficient (Wildman–Crippen LogP) is 5.13. The van der Waals surface area contributed by atoms with Crippen molar-refractivity contribution in [2.45, 2.75) is 12.7 Å². The zero-order chi connectivity index (χ0) is 25.3. The highest BCUT2D eigenvalue weighted by molar-refractivity contribution is 6.11. The topological polar surface area (TPSA) is 99.3 Å². The van der Waals surface area contributed by atoms with Crippen molar-refractivity contribution < 1.29 is 22.7 Å². The van der Waals surface area contributed by atoms with E-state index < -0.39 is 12.7 Å². The first-order chi connectivity index (χ1) is 17.3. The molecule has 2 aromatic carbocycles. The number of aromatic nitrogens is 4. The molecule has 0 fully saturated rings. The Morgan fingerprint density at radius 1 is 1.06 bits per heavy atom. The number of carbonyl (C=O) groups is 1. The lowest BCUT2D eigenvalue weighted by Crippen LogP contribution is -2.45. The van der Waals surface area contributed by atoms with E-state index in [9.17, 15) is 18.0 Å². The van der Waals surface area contributed by atoms with Gasteiger partial charge in [0.2, 0.25) is 0 Å². The number of hydrogen-bond acceptors (Lipinski definition) is 6. The summed E-state index contributed by atoms with van der Waals surface area (Å²) in [6.45, 7) is -1.05. The second-order valence-corrected chi connectivity index (χ2v) is 7.95. The summed E-state index contributed by atoms with van der Waals surface area (Å²) in [4.78, 5) is 25.0. The maximum absolute atomic E-state index is 13.8. The van der Waals surface area contributed by atoms with Crippen LogP contribution in [0.15, 0.2) is 67.1 Å². The molecule has 2 N–H and O–H groups in total. The highest BCUT2D eigenvalue weighted by atomic mass is 19.4. The Hall–Kier alpha value is -4.61. The van der Waals surface area contributed by atoms with Gasteiger partial charge in [0.15, 0.2) is 5.82 Å². The van der Waals surface area contributed by atoms with E-state index in [0.717, 1.165) is 5.56 Å². The largest absolute Gasteiger partial charge is 0.497 e. The van der Waals surface area contributed by atoms with E-state index in [2.05, 4.69) is 25.5 Å². The van der Waals surface area contributed by atoms with E-state index in [-0.39, 0.29) is 18.4 Å². The molecule has 184 valence electrons. The number of carbonyl (C=O) groups excluding carboxylic acids is 1. The van der Waals surface area contributed by atoms with Crippen LogP contribution in [0.5, 0.6) is 5.75 Å². The molecule has 0 saturated heterocycles. The lowest BCUT2D eigenvalue weighted by molar-refractivity contribution is -0.115. The highest BCUT2D eigenvalue weighted by Crippen LogP contribution is 2.38. The third-order valence-corrected chi connectivity index (χ3v) is 5.62. The molecule has 9 nitrogen and oxygen atoms in total. The van der Waals surface area contributed by atoms with Crippen molar-refractivity contribution in [1.82, 2.24) is 20.2 Å². The highest BCUT2D eigenvalue weighted by Gasteiger charge is 2.34. The number of ether oxygens (including phenoxy) is 1. The maximum atomic E-state index is 13.8. The van der Waals surface area contributed by atoms with Crippen molar-refractivity contribution in [3.8, 4) is 17.1 Å². The minimum absolute atomic E-state index is 0.0139. The molecule has 0 spiro atoms. The molecule has 4 aromatic rings. The Bertz CT molecular complexity index is 1360. The van der Waals surface area contributed by atoms with Crippen LogP contribution in [0.2, 0.25) is 0 Å². The molecular weight excluding hydrogens is 475 g/mol. The Kier molecular flexibility index (Phi) is 5.92. The summed E-state index contributed by atoms with van der Waals surface area (Å²) in [5.41, 5.74) is 3.03. The van der Waals surface area contributed by atoms with Gasteiger partial charge < -0.3 is 10.1 Å². The van der Waals surface area contributed by atoms with E-state index in [0.29, 0.717) is 34.2 Å². The molecular formula is C24H20F3N7O2. The molecule has 0 aliphatic carbocycles. The standard InChI is InChI=1S/C24H20F3N7O2/c1-36-19-8-6-17(7-9-19)33-12-16-11-28-21(29-13-24(25,26)27)10-20(16)34(23(33)35)18-4-2-15(3-5-18)22-30-14-31-32-22/h2-11,14H,12-13H2,1H3,(H,28,29)(H,30,31,32). The van der Waals surface area contributed by atoms with Crippen molar-refractivity contribution >= 4 is 28.9 Å². The fourth-order valence-corrected chi connectivity index (χ4v) is 3.88. The number of rotatable bonds is 6. The van der Waals surface area contributed by atoms with Crippen LogP contribution < -0.4 is 19.9 Å². The van der Waals surface area contributed by atoms with Crippen molar-refractivity contribution in [3.63, 3.8) is 0 Å². The lowest BCUT2D eigenvalue weighted by Gasteiger charge is -2.37. The molecule has 2 amide bonds. The quantitative estimate of drug-likeness (QED) is 0.385. The summed E-state index contributed by atoms with van der Waals surface area (Å²) in [5, 5.41) is 8.91. The van der Waals surface area contributed by atoms with Crippen molar-refractivity contribution in [1.29, 1.82) is 0 Å². The van der Waals surface area contributed by atoms with Crippen molar-refractivity contribution in [2.75, 3.05) is 28.8 Å². The van der Waals surface area contributed by atoms with Gasteiger partial charge in [0.25, 0.3) is 0 Å². The van der Waals surface area contributed by atoms with Crippen LogP contribution in [0.1, 0.15) is 5.56 Å². The van der Waals surface area contributed by atoms with Gasteiger partial charge in [0.1, 0.15) is 24.4 Å². The Morgan fingerprint density at radius 3 is 2.42 bits per heavy atom. The van der Waals surface area contributed by atoms with Gasteiger partial charge in [0.05, 0.1) is 25.0 Å². The van der Waals surface area contributed by atoms with Crippen LogP contribution in [-0.2, 0) is 6.54 Å². The van der Waals surface area contributed by atoms with Crippen LogP contribution in [0.25, 0.3) is 11.4 Å². The SMILES string of the molecule is COc1ccc(N2Cc3cnc(NCC(F)(F)F)cc3N(c3ccc(-c4ncn[nH]4)cc3)C2=O)cc1.